The molecule has 0 spiro atoms. The minimum atomic E-state index is -0.636. The van der Waals surface area contributed by atoms with E-state index in [1.54, 1.807) is 13.8 Å². The van der Waals surface area contributed by atoms with Crippen molar-refractivity contribution in [2.45, 2.75) is 25.9 Å². The fourth-order valence-electron chi connectivity index (χ4n) is 0.536. The Bertz CT molecular complexity index is 140. The molecule has 0 rings (SSSR count). The maximum Gasteiger partial charge on any atom is 0.315 e. The summed E-state index contributed by atoms with van der Waals surface area (Å²) in [6.07, 6.45) is 0.689. The first-order valence-corrected chi connectivity index (χ1v) is 4.98. The van der Waals surface area contributed by atoms with E-state index < -0.39 is 5.60 Å². The Hall–Kier alpha value is -0.220. The fourth-order valence-corrected chi connectivity index (χ4v) is 1.61. The molecule has 0 atom stereocenters. The zero-order valence-electron chi connectivity index (χ0n) is 7.79. The molecular weight excluding hydrogens is 176 g/mol. The Morgan fingerprint density at radius 1 is 1.58 bits per heavy atom. The van der Waals surface area contributed by atoms with Crippen LogP contribution >= 0.6 is 11.8 Å². The molecule has 0 saturated heterocycles. The molecule has 1 N–H and O–H groups in total. The summed E-state index contributed by atoms with van der Waals surface area (Å²) in [7, 11) is 1.37. The quantitative estimate of drug-likeness (QED) is 0.522. The Labute approximate surface area is 77.5 Å². The first-order valence-electron chi connectivity index (χ1n) is 3.82. The van der Waals surface area contributed by atoms with Crippen LogP contribution in [0, 0.1) is 0 Å². The number of rotatable bonds is 5. The van der Waals surface area contributed by atoms with Crippen LogP contribution in [0.15, 0.2) is 0 Å². The van der Waals surface area contributed by atoms with Crippen molar-refractivity contribution in [1.29, 1.82) is 0 Å². The van der Waals surface area contributed by atoms with Crippen LogP contribution in [0.4, 0.5) is 0 Å². The molecule has 0 amide bonds. The molecule has 0 aliphatic heterocycles. The summed E-state index contributed by atoms with van der Waals surface area (Å²) in [5.41, 5.74) is -0.636. The SMILES string of the molecule is COC(=O)CSCCC(C)(C)O. The predicted molar refractivity (Wildman–Crippen MR) is 50.3 cm³/mol. The third kappa shape index (κ3) is 7.88. The summed E-state index contributed by atoms with van der Waals surface area (Å²) < 4.78 is 4.46. The van der Waals surface area contributed by atoms with Crippen molar-refractivity contribution in [2.24, 2.45) is 0 Å². The predicted octanol–water partition coefficient (Wildman–Crippen LogP) is 1.05. The van der Waals surface area contributed by atoms with Crippen LogP contribution in [-0.2, 0) is 9.53 Å². The highest BCUT2D eigenvalue weighted by Gasteiger charge is 2.11. The van der Waals surface area contributed by atoms with Gasteiger partial charge in [0.25, 0.3) is 0 Å². The normalized spacial score (nSPS) is 11.3. The van der Waals surface area contributed by atoms with E-state index in [0.717, 1.165) is 5.75 Å². The second-order valence-corrected chi connectivity index (χ2v) is 4.30. The lowest BCUT2D eigenvalue weighted by molar-refractivity contribution is -0.137. The largest absolute Gasteiger partial charge is 0.468 e. The van der Waals surface area contributed by atoms with E-state index in [1.165, 1.54) is 18.9 Å². The van der Waals surface area contributed by atoms with Crippen molar-refractivity contribution in [3.63, 3.8) is 0 Å². The summed E-state index contributed by atoms with van der Waals surface area (Å²) >= 11 is 1.48. The molecule has 4 heteroatoms. The van der Waals surface area contributed by atoms with Crippen LogP contribution in [0.1, 0.15) is 20.3 Å². The van der Waals surface area contributed by atoms with Crippen molar-refractivity contribution in [2.75, 3.05) is 18.6 Å². The lowest BCUT2D eigenvalue weighted by Gasteiger charge is -2.15. The van der Waals surface area contributed by atoms with E-state index in [9.17, 15) is 9.90 Å². The molecule has 3 nitrogen and oxygen atoms in total. The van der Waals surface area contributed by atoms with Crippen molar-refractivity contribution in [1.82, 2.24) is 0 Å². The molecule has 0 bridgehead atoms. The molecule has 0 heterocycles. The number of carbonyl (C=O) groups excluding carboxylic acids is 1. The van der Waals surface area contributed by atoms with Gasteiger partial charge in [0.15, 0.2) is 0 Å². The monoisotopic (exact) mass is 192 g/mol. The van der Waals surface area contributed by atoms with Gasteiger partial charge in [0, 0.05) is 0 Å². The number of carbonyl (C=O) groups is 1. The van der Waals surface area contributed by atoms with Gasteiger partial charge in [-0.05, 0) is 26.0 Å². The molecular formula is C8H16O3S. The topological polar surface area (TPSA) is 46.5 Å². The summed E-state index contributed by atoms with van der Waals surface area (Å²) in [6.45, 7) is 3.51. The number of ether oxygens (including phenoxy) is 1. The zero-order valence-corrected chi connectivity index (χ0v) is 8.61. The molecule has 0 aromatic heterocycles. The highest BCUT2D eigenvalue weighted by Crippen LogP contribution is 2.12. The maximum absolute atomic E-state index is 10.6. The standard InChI is InChI=1S/C8H16O3S/c1-8(2,10)4-5-12-6-7(9)11-3/h10H,4-6H2,1-3H3. The van der Waals surface area contributed by atoms with Gasteiger partial charge in [0.1, 0.15) is 0 Å². The Balaban J connectivity index is 3.28. The average Bonchev–Trinajstić information content (AvgIpc) is 1.96. The van der Waals surface area contributed by atoms with Crippen molar-refractivity contribution in [3.05, 3.63) is 0 Å². The van der Waals surface area contributed by atoms with Gasteiger partial charge in [-0.15, -0.1) is 0 Å². The molecule has 0 aliphatic rings. The fraction of sp³-hybridized carbons (Fsp3) is 0.875. The molecule has 0 aliphatic carbocycles. The smallest absolute Gasteiger partial charge is 0.315 e. The third-order valence-corrected chi connectivity index (χ3v) is 2.24. The Morgan fingerprint density at radius 2 is 2.17 bits per heavy atom. The third-order valence-electron chi connectivity index (χ3n) is 1.31. The summed E-state index contributed by atoms with van der Waals surface area (Å²) in [5.74, 6) is 0.932. The zero-order chi connectivity index (χ0) is 9.61. The summed E-state index contributed by atoms with van der Waals surface area (Å²) in [5, 5.41) is 9.31. The minimum absolute atomic E-state index is 0.212. The molecule has 0 unspecified atom stereocenters. The van der Waals surface area contributed by atoms with Crippen molar-refractivity contribution >= 4 is 17.7 Å². The number of hydrogen-bond acceptors (Lipinski definition) is 4. The number of esters is 1. The van der Waals surface area contributed by atoms with Crippen LogP contribution in [0.5, 0.6) is 0 Å². The van der Waals surface area contributed by atoms with E-state index in [1.807, 2.05) is 0 Å². The molecule has 12 heavy (non-hydrogen) atoms. The number of thioether (sulfide) groups is 1. The molecule has 0 saturated carbocycles. The van der Waals surface area contributed by atoms with Gasteiger partial charge in [0.05, 0.1) is 18.5 Å². The van der Waals surface area contributed by atoms with Crippen molar-refractivity contribution < 1.29 is 14.6 Å². The lowest BCUT2D eigenvalue weighted by atomic mass is 10.1. The minimum Gasteiger partial charge on any atom is -0.468 e. The number of aliphatic hydroxyl groups is 1. The second kappa shape index (κ2) is 5.43. The summed E-state index contributed by atoms with van der Waals surface area (Å²) in [4.78, 5) is 10.6. The summed E-state index contributed by atoms with van der Waals surface area (Å²) in [6, 6.07) is 0. The second-order valence-electron chi connectivity index (χ2n) is 3.19. The molecule has 0 radical (unpaired) electrons. The first kappa shape index (κ1) is 11.8. The highest BCUT2D eigenvalue weighted by molar-refractivity contribution is 7.99. The van der Waals surface area contributed by atoms with Crippen molar-refractivity contribution in [3.8, 4) is 0 Å². The average molecular weight is 192 g/mol. The Kier molecular flexibility index (Phi) is 5.33. The molecule has 72 valence electrons. The molecule has 0 fully saturated rings. The molecule has 0 aromatic carbocycles. The van der Waals surface area contributed by atoms with Gasteiger partial charge in [-0.3, -0.25) is 4.79 Å². The van der Waals surface area contributed by atoms with Gasteiger partial charge >= 0.3 is 5.97 Å². The van der Waals surface area contributed by atoms with Crippen LogP contribution in [-0.4, -0.2) is 35.3 Å². The van der Waals surface area contributed by atoms with E-state index in [0.29, 0.717) is 12.2 Å². The van der Waals surface area contributed by atoms with Crippen LogP contribution < -0.4 is 0 Å². The van der Waals surface area contributed by atoms with E-state index in [-0.39, 0.29) is 5.97 Å². The lowest BCUT2D eigenvalue weighted by Crippen LogP contribution is -2.19. The highest BCUT2D eigenvalue weighted by atomic mass is 32.2. The molecule has 0 aromatic rings. The van der Waals surface area contributed by atoms with E-state index >= 15 is 0 Å². The van der Waals surface area contributed by atoms with Crippen LogP contribution in [0.25, 0.3) is 0 Å². The van der Waals surface area contributed by atoms with Crippen LogP contribution in [0.3, 0.4) is 0 Å². The number of hydrogen-bond donors (Lipinski definition) is 1. The Morgan fingerprint density at radius 3 is 2.58 bits per heavy atom. The van der Waals surface area contributed by atoms with Gasteiger partial charge < -0.3 is 9.84 Å². The maximum atomic E-state index is 10.6. The van der Waals surface area contributed by atoms with E-state index in [2.05, 4.69) is 4.74 Å². The van der Waals surface area contributed by atoms with Gasteiger partial charge in [0.2, 0.25) is 0 Å². The van der Waals surface area contributed by atoms with Gasteiger partial charge in [-0.2, -0.15) is 11.8 Å². The van der Waals surface area contributed by atoms with Crippen LogP contribution in [0.2, 0.25) is 0 Å². The van der Waals surface area contributed by atoms with E-state index in [4.69, 9.17) is 0 Å². The first-order chi connectivity index (χ1) is 5.45. The van der Waals surface area contributed by atoms with Gasteiger partial charge in [-0.25, -0.2) is 0 Å². The number of methoxy groups -OCH3 is 1. The van der Waals surface area contributed by atoms with Gasteiger partial charge in [-0.1, -0.05) is 0 Å².